The van der Waals surface area contributed by atoms with E-state index in [0.29, 0.717) is 6.07 Å². The van der Waals surface area contributed by atoms with Gasteiger partial charge in [0, 0.05) is 24.3 Å². The van der Waals surface area contributed by atoms with Crippen molar-refractivity contribution in [3.63, 3.8) is 0 Å². The molecule has 4 N–H and O–H groups in total. The van der Waals surface area contributed by atoms with E-state index in [1.165, 1.54) is 0 Å². The highest BCUT2D eigenvalue weighted by Gasteiger charge is 2.21. The van der Waals surface area contributed by atoms with Crippen LogP contribution in [-0.4, -0.2) is 16.8 Å². The molecule has 1 unspecified atom stereocenters. The van der Waals surface area contributed by atoms with Crippen LogP contribution in [0, 0.1) is 11.6 Å². The fourth-order valence-electron chi connectivity index (χ4n) is 1.22. The zero-order valence-electron chi connectivity index (χ0n) is 7.67. The summed E-state index contributed by atoms with van der Waals surface area (Å²) >= 11 is 5.39. The number of phenolic OH excluding ortho intramolecular Hbond substituents is 1. The standard InChI is InChI=1S/C9H10ClF2NO2/c10-8-6(15)3-4(11)7(9(8)12)5(13)1-2-14/h3,5,14-15H,1-2,13H2. The van der Waals surface area contributed by atoms with Gasteiger partial charge in [0.05, 0.1) is 0 Å². The number of hydrogen-bond donors (Lipinski definition) is 3. The van der Waals surface area contributed by atoms with E-state index in [4.69, 9.17) is 27.5 Å². The smallest absolute Gasteiger partial charge is 0.153 e. The van der Waals surface area contributed by atoms with Crippen LogP contribution in [-0.2, 0) is 0 Å². The van der Waals surface area contributed by atoms with Crippen molar-refractivity contribution in [2.75, 3.05) is 6.61 Å². The average Bonchev–Trinajstić information content (AvgIpc) is 2.15. The van der Waals surface area contributed by atoms with E-state index in [-0.39, 0.29) is 13.0 Å². The third-order valence-electron chi connectivity index (χ3n) is 1.99. The second-order valence-corrected chi connectivity index (χ2v) is 3.42. The zero-order chi connectivity index (χ0) is 11.6. The molecule has 0 aromatic heterocycles. The summed E-state index contributed by atoms with van der Waals surface area (Å²) in [6.07, 6.45) is 0.00887. The van der Waals surface area contributed by atoms with Gasteiger partial charge in [0.15, 0.2) is 5.82 Å². The Hall–Kier alpha value is -0.910. The van der Waals surface area contributed by atoms with E-state index in [9.17, 15) is 8.78 Å². The molecule has 1 aromatic carbocycles. The molecule has 84 valence electrons. The number of rotatable bonds is 3. The van der Waals surface area contributed by atoms with Gasteiger partial charge in [-0.3, -0.25) is 0 Å². The highest BCUT2D eigenvalue weighted by atomic mass is 35.5. The molecule has 6 heteroatoms. The number of phenols is 1. The first-order chi connectivity index (χ1) is 6.99. The van der Waals surface area contributed by atoms with Crippen LogP contribution in [0.4, 0.5) is 8.78 Å². The molecule has 0 aliphatic carbocycles. The maximum absolute atomic E-state index is 13.4. The fraction of sp³-hybridized carbons (Fsp3) is 0.333. The third-order valence-corrected chi connectivity index (χ3v) is 2.35. The highest BCUT2D eigenvalue weighted by Crippen LogP contribution is 2.33. The molecule has 0 aliphatic rings. The molecule has 0 saturated carbocycles. The Morgan fingerprint density at radius 3 is 2.60 bits per heavy atom. The molecule has 3 nitrogen and oxygen atoms in total. The quantitative estimate of drug-likeness (QED) is 0.701. The Bertz CT molecular complexity index is 374. The average molecular weight is 238 g/mol. The van der Waals surface area contributed by atoms with Gasteiger partial charge in [-0.1, -0.05) is 11.6 Å². The topological polar surface area (TPSA) is 66.5 Å². The van der Waals surface area contributed by atoms with Gasteiger partial charge in [-0.2, -0.15) is 0 Å². The van der Waals surface area contributed by atoms with Crippen molar-refractivity contribution < 1.29 is 19.0 Å². The van der Waals surface area contributed by atoms with Crippen LogP contribution < -0.4 is 5.73 Å². The van der Waals surface area contributed by atoms with Gasteiger partial charge < -0.3 is 15.9 Å². The Kier molecular flexibility index (Phi) is 3.84. The number of hydrogen-bond acceptors (Lipinski definition) is 3. The molecule has 0 radical (unpaired) electrons. The molecule has 0 heterocycles. The molecule has 1 atom stereocenters. The predicted molar refractivity (Wildman–Crippen MR) is 51.7 cm³/mol. The van der Waals surface area contributed by atoms with Crippen molar-refractivity contribution in [1.82, 2.24) is 0 Å². The minimum absolute atomic E-state index is 0.00887. The van der Waals surface area contributed by atoms with E-state index in [2.05, 4.69) is 0 Å². The SMILES string of the molecule is NC(CCO)c1c(F)cc(O)c(Cl)c1F. The highest BCUT2D eigenvalue weighted by molar-refractivity contribution is 6.32. The molecule has 1 rings (SSSR count). The summed E-state index contributed by atoms with van der Waals surface area (Å²) in [6, 6.07) is -0.300. The first kappa shape index (κ1) is 12.2. The van der Waals surface area contributed by atoms with Gasteiger partial charge in [0.25, 0.3) is 0 Å². The van der Waals surface area contributed by atoms with E-state index < -0.39 is 34.0 Å². The Morgan fingerprint density at radius 2 is 2.07 bits per heavy atom. The molecule has 0 spiro atoms. The Labute approximate surface area is 90.1 Å². The lowest BCUT2D eigenvalue weighted by Crippen LogP contribution is -2.16. The van der Waals surface area contributed by atoms with Gasteiger partial charge in [-0.05, 0) is 6.42 Å². The maximum atomic E-state index is 13.4. The Balaban J connectivity index is 3.23. The van der Waals surface area contributed by atoms with E-state index in [0.717, 1.165) is 0 Å². The van der Waals surface area contributed by atoms with Gasteiger partial charge in [0.2, 0.25) is 0 Å². The molecule has 0 fully saturated rings. The first-order valence-corrected chi connectivity index (χ1v) is 4.59. The normalized spacial score (nSPS) is 12.9. The van der Waals surface area contributed by atoms with Crippen LogP contribution in [0.1, 0.15) is 18.0 Å². The van der Waals surface area contributed by atoms with Crippen molar-refractivity contribution in [2.24, 2.45) is 5.73 Å². The van der Waals surface area contributed by atoms with E-state index in [1.54, 1.807) is 0 Å². The molecule has 0 aliphatic heterocycles. The number of aromatic hydroxyl groups is 1. The van der Waals surface area contributed by atoms with Crippen LogP contribution in [0.25, 0.3) is 0 Å². The van der Waals surface area contributed by atoms with Crippen molar-refractivity contribution >= 4 is 11.6 Å². The van der Waals surface area contributed by atoms with Gasteiger partial charge in [-0.15, -0.1) is 0 Å². The van der Waals surface area contributed by atoms with Gasteiger partial charge in [0.1, 0.15) is 16.6 Å². The molecule has 15 heavy (non-hydrogen) atoms. The lowest BCUT2D eigenvalue weighted by atomic mass is 10.0. The molecule has 1 aromatic rings. The van der Waals surface area contributed by atoms with E-state index >= 15 is 0 Å². The summed E-state index contributed by atoms with van der Waals surface area (Å²) in [7, 11) is 0. The van der Waals surface area contributed by atoms with Crippen LogP contribution in [0.2, 0.25) is 5.02 Å². The second-order valence-electron chi connectivity index (χ2n) is 3.04. The molecular formula is C9H10ClF2NO2. The van der Waals surface area contributed by atoms with E-state index in [1.807, 2.05) is 0 Å². The number of nitrogens with two attached hydrogens (primary N) is 1. The minimum atomic E-state index is -1.09. The summed E-state index contributed by atoms with van der Waals surface area (Å²) in [4.78, 5) is 0. The molecule has 0 bridgehead atoms. The minimum Gasteiger partial charge on any atom is -0.506 e. The zero-order valence-corrected chi connectivity index (χ0v) is 8.43. The maximum Gasteiger partial charge on any atom is 0.153 e. The third kappa shape index (κ3) is 2.37. The van der Waals surface area contributed by atoms with Crippen LogP contribution in [0.15, 0.2) is 6.07 Å². The summed E-state index contributed by atoms with van der Waals surface area (Å²) in [6.45, 7) is -0.293. The molecular weight excluding hydrogens is 228 g/mol. The Morgan fingerprint density at radius 1 is 1.47 bits per heavy atom. The van der Waals surface area contributed by atoms with Crippen LogP contribution in [0.3, 0.4) is 0 Å². The number of aliphatic hydroxyl groups excluding tert-OH is 1. The summed E-state index contributed by atoms with van der Waals surface area (Å²) < 4.78 is 26.6. The first-order valence-electron chi connectivity index (χ1n) is 4.21. The van der Waals surface area contributed by atoms with Crippen molar-refractivity contribution in [2.45, 2.75) is 12.5 Å². The summed E-state index contributed by atoms with van der Waals surface area (Å²) in [5.74, 6) is -2.74. The number of halogens is 3. The molecule has 0 saturated heterocycles. The van der Waals surface area contributed by atoms with Crippen molar-refractivity contribution in [1.29, 1.82) is 0 Å². The fourth-order valence-corrected chi connectivity index (χ4v) is 1.38. The van der Waals surface area contributed by atoms with Crippen LogP contribution in [0.5, 0.6) is 5.75 Å². The monoisotopic (exact) mass is 237 g/mol. The molecule has 0 amide bonds. The summed E-state index contributed by atoms with van der Waals surface area (Å²) in [5.41, 5.74) is 5.02. The lowest BCUT2D eigenvalue weighted by Gasteiger charge is -2.13. The second kappa shape index (κ2) is 4.74. The van der Waals surface area contributed by atoms with Crippen molar-refractivity contribution in [3.8, 4) is 5.75 Å². The van der Waals surface area contributed by atoms with Gasteiger partial charge in [-0.25, -0.2) is 8.78 Å². The summed E-state index contributed by atoms with van der Waals surface area (Å²) in [5, 5.41) is 17.0. The van der Waals surface area contributed by atoms with Crippen LogP contribution >= 0.6 is 11.6 Å². The number of benzene rings is 1. The van der Waals surface area contributed by atoms with Gasteiger partial charge >= 0.3 is 0 Å². The predicted octanol–water partition coefficient (Wildman–Crippen LogP) is 1.71. The van der Waals surface area contributed by atoms with Crippen molar-refractivity contribution in [3.05, 3.63) is 28.3 Å². The largest absolute Gasteiger partial charge is 0.506 e. The lowest BCUT2D eigenvalue weighted by molar-refractivity contribution is 0.274. The number of aliphatic hydroxyl groups is 1.